The summed E-state index contributed by atoms with van der Waals surface area (Å²) in [6.45, 7) is 0. The molecule has 0 bridgehead atoms. The van der Waals surface area contributed by atoms with Crippen LogP contribution in [0, 0.1) is 11.7 Å². The third kappa shape index (κ3) is 2.54. The van der Waals surface area contributed by atoms with Gasteiger partial charge in [0.25, 0.3) is 0 Å². The Morgan fingerprint density at radius 2 is 1.68 bits per heavy atom. The van der Waals surface area contributed by atoms with E-state index in [-0.39, 0.29) is 23.4 Å². The zero-order valence-electron chi connectivity index (χ0n) is 10.1. The van der Waals surface area contributed by atoms with E-state index in [0.29, 0.717) is 10.6 Å². The molecule has 3 rings (SSSR count). The largest absolute Gasteiger partial charge is 0.294 e. The molecule has 0 spiro atoms. The van der Waals surface area contributed by atoms with E-state index in [1.165, 1.54) is 12.1 Å². The zero-order valence-corrected chi connectivity index (χ0v) is 10.9. The summed E-state index contributed by atoms with van der Waals surface area (Å²) in [7, 11) is 0. The average molecular weight is 275 g/mol. The summed E-state index contributed by atoms with van der Waals surface area (Å²) in [5.74, 6) is 0.145. The van der Waals surface area contributed by atoms with Gasteiger partial charge in [0, 0.05) is 16.5 Å². The van der Waals surface area contributed by atoms with Crippen LogP contribution in [0.4, 0.5) is 4.39 Å². The van der Waals surface area contributed by atoms with Gasteiger partial charge in [0.05, 0.1) is 0 Å². The molecular weight excluding hydrogens is 263 g/mol. The van der Waals surface area contributed by atoms with Crippen molar-refractivity contribution in [1.29, 1.82) is 0 Å². The van der Waals surface area contributed by atoms with Gasteiger partial charge < -0.3 is 0 Å². The van der Waals surface area contributed by atoms with Crippen molar-refractivity contribution < 1.29 is 9.18 Å². The number of hydrogen-bond donors (Lipinski definition) is 0. The smallest absolute Gasteiger partial charge is 0.166 e. The number of halogens is 2. The number of carbonyl (C=O) groups excluding carboxylic acids is 1. The third-order valence-electron chi connectivity index (χ3n) is 3.55. The Hall–Kier alpha value is -1.67. The van der Waals surface area contributed by atoms with Gasteiger partial charge in [0.1, 0.15) is 5.82 Å². The monoisotopic (exact) mass is 274 g/mol. The van der Waals surface area contributed by atoms with Crippen LogP contribution in [-0.4, -0.2) is 5.78 Å². The van der Waals surface area contributed by atoms with Crippen LogP contribution in [0.5, 0.6) is 0 Å². The van der Waals surface area contributed by atoms with Crippen molar-refractivity contribution in [3.63, 3.8) is 0 Å². The van der Waals surface area contributed by atoms with Gasteiger partial charge in [0.2, 0.25) is 0 Å². The van der Waals surface area contributed by atoms with Gasteiger partial charge in [-0.2, -0.15) is 0 Å². The Labute approximate surface area is 116 Å². The van der Waals surface area contributed by atoms with Gasteiger partial charge in [0.15, 0.2) is 5.78 Å². The predicted molar refractivity (Wildman–Crippen MR) is 73.0 cm³/mol. The summed E-state index contributed by atoms with van der Waals surface area (Å²) < 4.78 is 12.8. The Balaban J connectivity index is 1.74. The van der Waals surface area contributed by atoms with E-state index >= 15 is 0 Å². The summed E-state index contributed by atoms with van der Waals surface area (Å²) >= 11 is 5.80. The number of ketones is 1. The van der Waals surface area contributed by atoms with Gasteiger partial charge in [-0.3, -0.25) is 4.79 Å². The van der Waals surface area contributed by atoms with Crippen molar-refractivity contribution in [2.75, 3.05) is 0 Å². The molecule has 0 aromatic heterocycles. The lowest BCUT2D eigenvalue weighted by Crippen LogP contribution is -2.02. The highest BCUT2D eigenvalue weighted by Crippen LogP contribution is 2.49. The standard InChI is InChI=1S/C16H12ClFO/c17-12-5-1-11(2-6-12)16(19)15-9-14(15)10-3-7-13(18)8-4-10/h1-8,14-15H,9H2. The minimum atomic E-state index is -0.245. The average Bonchev–Trinajstić information content (AvgIpc) is 3.20. The number of Topliss-reactive ketones (excluding diaryl/α,β-unsaturated/α-hetero) is 1. The molecule has 2 atom stereocenters. The molecule has 3 heteroatoms. The molecule has 2 aromatic carbocycles. The first-order chi connectivity index (χ1) is 9.15. The first kappa shape index (κ1) is 12.4. The van der Waals surface area contributed by atoms with Crippen LogP contribution in [0.2, 0.25) is 5.02 Å². The Kier molecular flexibility index (Phi) is 3.11. The Bertz CT molecular complexity index is 604. The molecule has 0 aliphatic heterocycles. The van der Waals surface area contributed by atoms with Crippen molar-refractivity contribution in [2.24, 2.45) is 5.92 Å². The number of benzene rings is 2. The van der Waals surface area contributed by atoms with Crippen LogP contribution >= 0.6 is 11.6 Å². The predicted octanol–water partition coefficient (Wildman–Crippen LogP) is 4.47. The van der Waals surface area contributed by atoms with Crippen LogP contribution in [0.3, 0.4) is 0 Å². The molecule has 1 fully saturated rings. The van der Waals surface area contributed by atoms with Crippen molar-refractivity contribution in [2.45, 2.75) is 12.3 Å². The van der Waals surface area contributed by atoms with E-state index in [2.05, 4.69) is 0 Å². The van der Waals surface area contributed by atoms with Crippen LogP contribution in [0.15, 0.2) is 48.5 Å². The summed E-state index contributed by atoms with van der Waals surface area (Å²) in [6.07, 6.45) is 0.840. The van der Waals surface area contributed by atoms with E-state index < -0.39 is 0 Å². The summed E-state index contributed by atoms with van der Waals surface area (Å²) in [6, 6.07) is 13.4. The fourth-order valence-electron chi connectivity index (χ4n) is 2.39. The van der Waals surface area contributed by atoms with Gasteiger partial charge in [-0.25, -0.2) is 4.39 Å². The number of carbonyl (C=O) groups is 1. The zero-order chi connectivity index (χ0) is 13.4. The fraction of sp³-hybridized carbons (Fsp3) is 0.188. The summed E-state index contributed by atoms with van der Waals surface area (Å²) in [5, 5.41) is 0.627. The lowest BCUT2D eigenvalue weighted by atomic mass is 10.0. The summed E-state index contributed by atoms with van der Waals surface area (Å²) in [4.78, 5) is 12.3. The van der Waals surface area contributed by atoms with Crippen LogP contribution in [0.25, 0.3) is 0 Å². The molecular formula is C16H12ClFO. The van der Waals surface area contributed by atoms with Crippen LogP contribution in [0.1, 0.15) is 28.3 Å². The minimum absolute atomic E-state index is 0.0200. The second-order valence-corrected chi connectivity index (χ2v) is 5.31. The highest BCUT2D eigenvalue weighted by atomic mass is 35.5. The van der Waals surface area contributed by atoms with Crippen molar-refractivity contribution >= 4 is 17.4 Å². The molecule has 2 unspecified atom stereocenters. The molecule has 0 saturated heterocycles. The maximum absolute atomic E-state index is 12.8. The molecule has 0 amide bonds. The van der Waals surface area contributed by atoms with E-state index in [0.717, 1.165) is 12.0 Å². The Morgan fingerprint density at radius 3 is 2.32 bits per heavy atom. The lowest BCUT2D eigenvalue weighted by molar-refractivity contribution is 0.0965. The third-order valence-corrected chi connectivity index (χ3v) is 3.81. The second kappa shape index (κ2) is 4.78. The SMILES string of the molecule is O=C(c1ccc(Cl)cc1)C1CC1c1ccc(F)cc1. The van der Waals surface area contributed by atoms with Gasteiger partial charge in [-0.05, 0) is 54.3 Å². The van der Waals surface area contributed by atoms with Crippen molar-refractivity contribution in [1.82, 2.24) is 0 Å². The molecule has 1 aliphatic carbocycles. The quantitative estimate of drug-likeness (QED) is 0.755. The normalized spacial score (nSPS) is 21.2. The molecule has 19 heavy (non-hydrogen) atoms. The van der Waals surface area contributed by atoms with Crippen molar-refractivity contribution in [3.05, 3.63) is 70.5 Å². The van der Waals surface area contributed by atoms with Gasteiger partial charge in [-0.1, -0.05) is 23.7 Å². The summed E-state index contributed by atoms with van der Waals surface area (Å²) in [5.41, 5.74) is 1.73. The molecule has 1 aliphatic rings. The Morgan fingerprint density at radius 1 is 1.05 bits per heavy atom. The second-order valence-electron chi connectivity index (χ2n) is 4.87. The number of rotatable bonds is 3. The molecule has 96 valence electrons. The maximum atomic E-state index is 12.8. The van der Waals surface area contributed by atoms with Crippen molar-refractivity contribution in [3.8, 4) is 0 Å². The van der Waals surface area contributed by atoms with Gasteiger partial charge >= 0.3 is 0 Å². The number of hydrogen-bond acceptors (Lipinski definition) is 1. The minimum Gasteiger partial charge on any atom is -0.294 e. The topological polar surface area (TPSA) is 17.1 Å². The maximum Gasteiger partial charge on any atom is 0.166 e. The van der Waals surface area contributed by atoms with E-state index in [9.17, 15) is 9.18 Å². The molecule has 0 N–H and O–H groups in total. The highest BCUT2D eigenvalue weighted by Gasteiger charge is 2.43. The van der Waals surface area contributed by atoms with E-state index in [4.69, 9.17) is 11.6 Å². The van der Waals surface area contributed by atoms with Crippen LogP contribution in [-0.2, 0) is 0 Å². The first-order valence-electron chi connectivity index (χ1n) is 6.20. The molecule has 1 nitrogen and oxygen atoms in total. The van der Waals surface area contributed by atoms with E-state index in [1.54, 1.807) is 36.4 Å². The highest BCUT2D eigenvalue weighted by molar-refractivity contribution is 6.30. The van der Waals surface area contributed by atoms with Gasteiger partial charge in [-0.15, -0.1) is 0 Å². The molecule has 0 radical (unpaired) electrons. The molecule has 1 saturated carbocycles. The molecule has 2 aromatic rings. The van der Waals surface area contributed by atoms with Crippen LogP contribution < -0.4 is 0 Å². The molecule has 0 heterocycles. The first-order valence-corrected chi connectivity index (χ1v) is 6.58. The fourth-order valence-corrected chi connectivity index (χ4v) is 2.52. The lowest BCUT2D eigenvalue weighted by Gasteiger charge is -2.01. The van der Waals surface area contributed by atoms with E-state index in [1.807, 2.05) is 0 Å².